The number of para-hydroxylation sites is 1. The number of Topliss-reactive ketones (excluding diaryl/α,β-unsaturated/α-hetero) is 1. The maximum atomic E-state index is 12.9. The highest BCUT2D eigenvalue weighted by Gasteiger charge is 2.51. The normalized spacial score (nSPS) is 18.7. The molecule has 0 bridgehead atoms. The van der Waals surface area contributed by atoms with E-state index >= 15 is 0 Å². The van der Waals surface area contributed by atoms with E-state index in [2.05, 4.69) is 15.9 Å². The minimum absolute atomic E-state index is 0.193. The molecular formula is C18H16BrNO5S. The van der Waals surface area contributed by atoms with Gasteiger partial charge in [-0.05, 0) is 41.1 Å². The lowest BCUT2D eigenvalue weighted by molar-refractivity contribution is -0.144. The number of ketones is 1. The molecule has 0 unspecified atom stereocenters. The summed E-state index contributed by atoms with van der Waals surface area (Å²) in [6.07, 6.45) is -0.394. The number of hydrogen-bond donors (Lipinski definition) is 1. The van der Waals surface area contributed by atoms with Crippen molar-refractivity contribution in [3.8, 4) is 0 Å². The van der Waals surface area contributed by atoms with Crippen molar-refractivity contribution < 1.29 is 24.2 Å². The van der Waals surface area contributed by atoms with Gasteiger partial charge in [0.05, 0.1) is 27.4 Å². The van der Waals surface area contributed by atoms with Crippen LogP contribution in [-0.4, -0.2) is 35.9 Å². The van der Waals surface area contributed by atoms with E-state index < -0.39 is 23.9 Å². The van der Waals surface area contributed by atoms with E-state index in [1.165, 1.54) is 16.2 Å². The number of carbonyl (C=O) groups excluding carboxylic acids is 3. The topological polar surface area (TPSA) is 83.9 Å². The second kappa shape index (κ2) is 7.30. The highest BCUT2D eigenvalue weighted by atomic mass is 79.9. The fourth-order valence-electron chi connectivity index (χ4n) is 2.95. The number of carbonyl (C=O) groups is 3. The molecule has 0 saturated heterocycles. The Morgan fingerprint density at radius 1 is 1.27 bits per heavy atom. The third-order valence-corrected chi connectivity index (χ3v) is 5.76. The molecule has 8 heteroatoms. The Bertz CT molecular complexity index is 880. The van der Waals surface area contributed by atoms with Crippen molar-refractivity contribution in [2.24, 2.45) is 0 Å². The van der Waals surface area contributed by atoms with E-state index in [9.17, 15) is 19.5 Å². The van der Waals surface area contributed by atoms with Gasteiger partial charge < -0.3 is 9.84 Å². The maximum Gasteiger partial charge on any atom is 0.326 e. The molecule has 0 aliphatic carbocycles. The van der Waals surface area contributed by atoms with Crippen LogP contribution in [0.25, 0.3) is 0 Å². The van der Waals surface area contributed by atoms with Crippen LogP contribution in [0.15, 0.2) is 40.2 Å². The van der Waals surface area contributed by atoms with Crippen LogP contribution >= 0.6 is 27.3 Å². The van der Waals surface area contributed by atoms with Gasteiger partial charge in [-0.25, -0.2) is 0 Å². The molecule has 6 nitrogen and oxygen atoms in total. The van der Waals surface area contributed by atoms with Crippen LogP contribution in [0.4, 0.5) is 5.69 Å². The number of rotatable bonds is 6. The number of benzene rings is 1. The molecule has 1 aliphatic rings. The van der Waals surface area contributed by atoms with Crippen LogP contribution in [0.3, 0.4) is 0 Å². The first-order valence-electron chi connectivity index (χ1n) is 7.95. The molecule has 3 rings (SSSR count). The van der Waals surface area contributed by atoms with Crippen LogP contribution in [0.1, 0.15) is 28.6 Å². The number of aliphatic hydroxyl groups is 1. The molecule has 0 radical (unpaired) electrons. The number of fused-ring (bicyclic) bond motifs is 1. The summed E-state index contributed by atoms with van der Waals surface area (Å²) < 4.78 is 5.69. The molecule has 2 aromatic rings. The summed E-state index contributed by atoms with van der Waals surface area (Å²) in [7, 11) is 0. The molecule has 1 amide bonds. The smallest absolute Gasteiger partial charge is 0.326 e. The van der Waals surface area contributed by atoms with Crippen molar-refractivity contribution in [3.63, 3.8) is 0 Å². The standard InChI is InChI=1S/C18H16BrNO5S/c1-2-25-16(22)10-20-12-6-4-3-5-11(12)18(24,17(20)23)9-13(21)14-7-8-15(19)26-14/h3-8,24H,2,9-10H2,1H3/t18-/m1/s1. The van der Waals surface area contributed by atoms with Crippen LogP contribution in [0, 0.1) is 0 Å². The van der Waals surface area contributed by atoms with Crippen molar-refractivity contribution in [2.45, 2.75) is 18.9 Å². The van der Waals surface area contributed by atoms with E-state index in [0.717, 1.165) is 3.79 Å². The number of amides is 1. The third-order valence-electron chi connectivity index (χ3n) is 4.10. The van der Waals surface area contributed by atoms with Gasteiger partial charge in [0.2, 0.25) is 0 Å². The maximum absolute atomic E-state index is 12.9. The fourth-order valence-corrected chi connectivity index (χ4v) is 4.28. The summed E-state index contributed by atoms with van der Waals surface area (Å²) in [6, 6.07) is 9.99. The van der Waals surface area contributed by atoms with E-state index in [-0.39, 0.29) is 18.9 Å². The molecular weight excluding hydrogens is 422 g/mol. The van der Waals surface area contributed by atoms with Crippen LogP contribution < -0.4 is 4.90 Å². The number of anilines is 1. The monoisotopic (exact) mass is 437 g/mol. The van der Waals surface area contributed by atoms with E-state index in [1.807, 2.05) is 0 Å². The van der Waals surface area contributed by atoms with Gasteiger partial charge in [-0.3, -0.25) is 19.3 Å². The lowest BCUT2D eigenvalue weighted by atomic mass is 9.89. The second-order valence-corrected chi connectivity index (χ2v) is 8.24. The van der Waals surface area contributed by atoms with Crippen molar-refractivity contribution in [1.29, 1.82) is 0 Å². The van der Waals surface area contributed by atoms with Crippen molar-refractivity contribution >= 4 is 50.6 Å². The Morgan fingerprint density at radius 3 is 2.65 bits per heavy atom. The molecule has 0 spiro atoms. The largest absolute Gasteiger partial charge is 0.465 e. The lowest BCUT2D eigenvalue weighted by Gasteiger charge is -2.22. The Balaban J connectivity index is 1.92. The molecule has 1 aromatic carbocycles. The van der Waals surface area contributed by atoms with Gasteiger partial charge in [-0.1, -0.05) is 18.2 Å². The predicted octanol–water partition coefficient (Wildman–Crippen LogP) is 2.88. The summed E-state index contributed by atoms with van der Waals surface area (Å²) in [4.78, 5) is 38.9. The average molecular weight is 438 g/mol. The number of hydrogen-bond acceptors (Lipinski definition) is 6. The second-order valence-electron chi connectivity index (χ2n) is 5.78. The highest BCUT2D eigenvalue weighted by Crippen LogP contribution is 2.43. The van der Waals surface area contributed by atoms with Crippen LogP contribution in [-0.2, 0) is 19.9 Å². The van der Waals surface area contributed by atoms with E-state index in [4.69, 9.17) is 4.74 Å². The molecule has 26 heavy (non-hydrogen) atoms. The van der Waals surface area contributed by atoms with Crippen molar-refractivity contribution in [2.75, 3.05) is 18.1 Å². The zero-order chi connectivity index (χ0) is 18.9. The van der Waals surface area contributed by atoms with Gasteiger partial charge in [0.1, 0.15) is 6.54 Å². The molecule has 136 valence electrons. The molecule has 0 saturated carbocycles. The molecule has 1 aliphatic heterocycles. The van der Waals surface area contributed by atoms with Crippen LogP contribution in [0.5, 0.6) is 0 Å². The Morgan fingerprint density at radius 2 is 2.00 bits per heavy atom. The Kier molecular flexibility index (Phi) is 5.27. The zero-order valence-electron chi connectivity index (χ0n) is 13.9. The number of halogens is 1. The van der Waals surface area contributed by atoms with E-state index in [1.54, 1.807) is 43.3 Å². The molecule has 2 heterocycles. The minimum atomic E-state index is -2.00. The highest BCUT2D eigenvalue weighted by molar-refractivity contribution is 9.11. The average Bonchev–Trinajstić information content (AvgIpc) is 3.12. The zero-order valence-corrected chi connectivity index (χ0v) is 16.3. The van der Waals surface area contributed by atoms with Gasteiger partial charge in [-0.15, -0.1) is 11.3 Å². The van der Waals surface area contributed by atoms with Crippen LogP contribution in [0.2, 0.25) is 0 Å². The first-order valence-corrected chi connectivity index (χ1v) is 9.55. The van der Waals surface area contributed by atoms with Crippen molar-refractivity contribution in [3.05, 3.63) is 50.6 Å². The van der Waals surface area contributed by atoms with Gasteiger partial charge >= 0.3 is 5.97 Å². The number of nitrogens with zero attached hydrogens (tertiary/aromatic N) is 1. The van der Waals surface area contributed by atoms with E-state index in [0.29, 0.717) is 16.1 Å². The minimum Gasteiger partial charge on any atom is -0.465 e. The fraction of sp³-hybridized carbons (Fsp3) is 0.278. The first kappa shape index (κ1) is 18.8. The number of esters is 1. The molecule has 1 aromatic heterocycles. The predicted molar refractivity (Wildman–Crippen MR) is 100 cm³/mol. The summed E-state index contributed by atoms with van der Waals surface area (Å²) in [5.41, 5.74) is -1.28. The van der Waals surface area contributed by atoms with Gasteiger partial charge in [-0.2, -0.15) is 0 Å². The van der Waals surface area contributed by atoms with Gasteiger partial charge in [0.25, 0.3) is 5.91 Å². The summed E-state index contributed by atoms with van der Waals surface area (Å²) in [6.45, 7) is 1.55. The number of thiophene rings is 1. The lowest BCUT2D eigenvalue weighted by Crippen LogP contribution is -2.43. The molecule has 1 N–H and O–H groups in total. The van der Waals surface area contributed by atoms with Gasteiger partial charge in [0.15, 0.2) is 11.4 Å². The summed E-state index contributed by atoms with van der Waals surface area (Å²) >= 11 is 4.53. The van der Waals surface area contributed by atoms with Crippen molar-refractivity contribution in [1.82, 2.24) is 0 Å². The summed E-state index contributed by atoms with van der Waals surface area (Å²) in [5, 5.41) is 11.1. The first-order chi connectivity index (χ1) is 12.4. The Labute approximate surface area is 162 Å². The third kappa shape index (κ3) is 3.32. The van der Waals surface area contributed by atoms with Gasteiger partial charge in [0, 0.05) is 5.56 Å². The molecule has 0 fully saturated rings. The SMILES string of the molecule is CCOC(=O)CN1C(=O)[C@@](O)(CC(=O)c2ccc(Br)s2)c2ccccc21. The Hall–Kier alpha value is -2.03. The number of ether oxygens (including phenoxy) is 1. The summed E-state index contributed by atoms with van der Waals surface area (Å²) in [5.74, 6) is -1.62. The quantitative estimate of drug-likeness (QED) is 0.554. The molecule has 1 atom stereocenters.